The Morgan fingerprint density at radius 3 is 1.40 bits per heavy atom. The highest BCUT2D eigenvalue weighted by atomic mass is 16.3. The molecule has 4 heteroatoms. The minimum atomic E-state index is -0.634. The number of rotatable bonds is 7. The molecule has 0 N–H and O–H groups in total. The number of benzene rings is 8. The Kier molecular flexibility index (Phi) is 6.04. The number of fused-ring (bicyclic) bond motifs is 3. The van der Waals surface area contributed by atoms with Crippen LogP contribution in [0.3, 0.4) is 0 Å². The van der Waals surface area contributed by atoms with Crippen LogP contribution in [0.1, 0.15) is 12.3 Å². The molecule has 2 aromatic heterocycles. The zero-order valence-corrected chi connectivity index (χ0v) is 29.1. The van der Waals surface area contributed by atoms with Crippen LogP contribution in [0.25, 0.3) is 101 Å². The molecule has 0 fully saturated rings. The molecule has 0 saturated heterocycles. The maximum Gasteiger partial charge on any atom is 0.164 e. The first-order chi connectivity index (χ1) is 31.0. The van der Waals surface area contributed by atoms with Crippen molar-refractivity contribution in [3.63, 3.8) is 0 Å². The predicted molar refractivity (Wildman–Crippen MR) is 225 cm³/mol. The molecule has 0 aliphatic rings. The van der Waals surface area contributed by atoms with E-state index in [0.717, 1.165) is 33.4 Å². The van der Waals surface area contributed by atoms with E-state index < -0.39 is 59.9 Å². The lowest BCUT2D eigenvalue weighted by atomic mass is 9.96. The summed E-state index contributed by atoms with van der Waals surface area (Å²) in [4.78, 5) is 14.9. The Morgan fingerprint density at radius 1 is 0.345 bits per heavy atom. The van der Waals surface area contributed by atoms with Crippen LogP contribution in [0.2, 0.25) is 0 Å². The summed E-state index contributed by atoms with van der Waals surface area (Å²) in [6.45, 7) is 0. The fourth-order valence-corrected chi connectivity index (χ4v) is 6.77. The van der Waals surface area contributed by atoms with Gasteiger partial charge in [-0.3, -0.25) is 0 Å². The fourth-order valence-electron chi connectivity index (χ4n) is 6.77. The first-order valence-corrected chi connectivity index (χ1v) is 17.7. The maximum atomic E-state index is 9.13. The first kappa shape index (κ1) is 24.0. The summed E-state index contributed by atoms with van der Waals surface area (Å²) < 4.78 is 83.9. The normalized spacial score (nSPS) is 13.6. The average Bonchev–Trinajstić information content (AvgIpc) is 3.72. The second-order valence-corrected chi connectivity index (χ2v) is 12.9. The molecule has 10 rings (SSSR count). The van der Waals surface area contributed by atoms with E-state index >= 15 is 0 Å². The third-order valence-electron chi connectivity index (χ3n) is 9.54. The van der Waals surface area contributed by atoms with Gasteiger partial charge in [0, 0.05) is 27.5 Å². The molecule has 0 saturated carbocycles. The Bertz CT molecular complexity index is 3310. The summed E-state index contributed by atoms with van der Waals surface area (Å²) >= 11 is 0. The SMILES string of the molecule is [2H]c1c([2H])c([2H])c(-c2c([2H])c([2H])c(-c3cccc4oc5cc(-c6nc(-c7ccc(-c8ccccc8)cc7)nc(-c7ccc(-c8ccccc8)cc7)n6)ccc5c34)c([2H])c2[2H])c([2H])c1[2H]. The number of furan rings is 1. The molecule has 2 heterocycles. The number of hydrogen-bond donors (Lipinski definition) is 0. The molecule has 0 unspecified atom stereocenters. The lowest BCUT2D eigenvalue weighted by Crippen LogP contribution is -2.00. The fraction of sp³-hybridized carbons (Fsp3) is 0. The average molecular weight is 713 g/mol. The Hall–Kier alpha value is -7.43. The predicted octanol–water partition coefficient (Wildman–Crippen LogP) is 13.4. The highest BCUT2D eigenvalue weighted by Crippen LogP contribution is 2.39. The molecule has 0 aliphatic heterocycles. The topological polar surface area (TPSA) is 51.8 Å². The zero-order chi connectivity index (χ0) is 44.4. The van der Waals surface area contributed by atoms with Gasteiger partial charge in [0.05, 0.1) is 12.3 Å². The van der Waals surface area contributed by atoms with Crippen molar-refractivity contribution in [2.45, 2.75) is 0 Å². The number of nitrogens with zero attached hydrogens (tertiary/aromatic N) is 3. The van der Waals surface area contributed by atoms with Crippen molar-refractivity contribution in [3.05, 3.63) is 200 Å². The van der Waals surface area contributed by atoms with Gasteiger partial charge < -0.3 is 4.42 Å². The molecule has 55 heavy (non-hydrogen) atoms. The second kappa shape index (κ2) is 13.8. The van der Waals surface area contributed by atoms with E-state index in [9.17, 15) is 0 Å². The van der Waals surface area contributed by atoms with E-state index in [-0.39, 0.29) is 11.1 Å². The van der Waals surface area contributed by atoms with Gasteiger partial charge in [-0.2, -0.15) is 0 Å². The van der Waals surface area contributed by atoms with Gasteiger partial charge in [-0.25, -0.2) is 15.0 Å². The lowest BCUT2D eigenvalue weighted by molar-refractivity contribution is 0.669. The third-order valence-corrected chi connectivity index (χ3v) is 9.54. The molecule has 0 atom stereocenters. The summed E-state index contributed by atoms with van der Waals surface area (Å²) in [5.41, 5.74) is 7.04. The summed E-state index contributed by atoms with van der Waals surface area (Å²) in [6.07, 6.45) is 0. The van der Waals surface area contributed by atoms with Crippen LogP contribution in [-0.4, -0.2) is 15.0 Å². The van der Waals surface area contributed by atoms with E-state index in [1.54, 1.807) is 18.2 Å². The van der Waals surface area contributed by atoms with Gasteiger partial charge in [-0.15, -0.1) is 0 Å². The van der Waals surface area contributed by atoms with E-state index in [1.807, 2.05) is 103 Å². The Labute approximate surface area is 331 Å². The number of hydrogen-bond acceptors (Lipinski definition) is 4. The van der Waals surface area contributed by atoms with Gasteiger partial charge in [0.15, 0.2) is 17.5 Å². The van der Waals surface area contributed by atoms with Crippen LogP contribution in [0.15, 0.2) is 204 Å². The molecule has 0 amide bonds. The third kappa shape index (κ3) is 6.26. The van der Waals surface area contributed by atoms with Crippen LogP contribution >= 0.6 is 0 Å². The summed E-state index contributed by atoms with van der Waals surface area (Å²) in [6, 6.07) is 42.0. The Morgan fingerprint density at radius 2 is 0.818 bits per heavy atom. The van der Waals surface area contributed by atoms with Gasteiger partial charge in [0.25, 0.3) is 0 Å². The Balaban J connectivity index is 1.09. The molecular formula is C51H33N3O. The molecule has 10 aromatic rings. The summed E-state index contributed by atoms with van der Waals surface area (Å²) in [5, 5.41) is 1.19. The molecule has 258 valence electrons. The summed E-state index contributed by atoms with van der Waals surface area (Å²) in [5.74, 6) is 1.37. The van der Waals surface area contributed by atoms with Crippen LogP contribution in [-0.2, 0) is 0 Å². The quantitative estimate of drug-likeness (QED) is 0.165. The number of aromatic nitrogens is 3. The smallest absolute Gasteiger partial charge is 0.164 e. The maximum absolute atomic E-state index is 9.13. The minimum absolute atomic E-state index is 0.0215. The van der Waals surface area contributed by atoms with Crippen molar-refractivity contribution < 1.29 is 16.8 Å². The van der Waals surface area contributed by atoms with Crippen molar-refractivity contribution in [1.29, 1.82) is 0 Å². The van der Waals surface area contributed by atoms with Crippen molar-refractivity contribution in [3.8, 4) is 78.7 Å². The molecular weight excluding hydrogens is 671 g/mol. The van der Waals surface area contributed by atoms with Gasteiger partial charge >= 0.3 is 0 Å². The molecule has 0 bridgehead atoms. The van der Waals surface area contributed by atoms with E-state index in [4.69, 9.17) is 31.7 Å². The van der Waals surface area contributed by atoms with Gasteiger partial charge in [-0.1, -0.05) is 182 Å². The highest BCUT2D eigenvalue weighted by molar-refractivity contribution is 6.13. The molecule has 0 aliphatic carbocycles. The molecule has 4 nitrogen and oxygen atoms in total. The monoisotopic (exact) mass is 712 g/mol. The highest BCUT2D eigenvalue weighted by Gasteiger charge is 2.17. The van der Waals surface area contributed by atoms with Crippen LogP contribution in [0.5, 0.6) is 0 Å². The van der Waals surface area contributed by atoms with Crippen molar-refractivity contribution in [2.75, 3.05) is 0 Å². The van der Waals surface area contributed by atoms with Crippen molar-refractivity contribution in [1.82, 2.24) is 15.0 Å². The van der Waals surface area contributed by atoms with Crippen molar-refractivity contribution >= 4 is 21.9 Å². The lowest BCUT2D eigenvalue weighted by Gasteiger charge is -2.10. The zero-order valence-electron chi connectivity index (χ0n) is 38.1. The van der Waals surface area contributed by atoms with E-state index in [0.29, 0.717) is 50.5 Å². The summed E-state index contributed by atoms with van der Waals surface area (Å²) in [7, 11) is 0. The standard InChI is InChI=1S/C51H33N3O/c1-4-11-34(12-5-1)37-19-25-40(26-20-37)44-17-10-18-46-48(44)45-32-31-43(33-47(45)55-46)51-53-49(41-27-21-38(22-28-41)35-13-6-2-7-14-35)52-50(54-51)42-29-23-39(24-30-42)36-15-8-3-9-16-36/h1-33H/i1D,4D,5D,11D,12D,19D,20D,25D,26D. The second-order valence-electron chi connectivity index (χ2n) is 12.9. The van der Waals surface area contributed by atoms with Crippen LogP contribution in [0.4, 0.5) is 0 Å². The molecule has 8 aromatic carbocycles. The largest absolute Gasteiger partial charge is 0.456 e. The van der Waals surface area contributed by atoms with Gasteiger partial charge in [-0.05, 0) is 62.7 Å². The van der Waals surface area contributed by atoms with Crippen LogP contribution in [0, 0.1) is 0 Å². The van der Waals surface area contributed by atoms with E-state index in [1.165, 1.54) is 0 Å². The first-order valence-electron chi connectivity index (χ1n) is 22.2. The van der Waals surface area contributed by atoms with Crippen LogP contribution < -0.4 is 0 Å². The van der Waals surface area contributed by atoms with Gasteiger partial charge in [0.2, 0.25) is 0 Å². The minimum Gasteiger partial charge on any atom is -0.456 e. The molecule has 0 radical (unpaired) electrons. The van der Waals surface area contributed by atoms with Gasteiger partial charge in [0.1, 0.15) is 11.2 Å². The van der Waals surface area contributed by atoms with Crippen molar-refractivity contribution in [2.24, 2.45) is 0 Å². The van der Waals surface area contributed by atoms with E-state index in [2.05, 4.69) is 24.3 Å². The molecule has 0 spiro atoms.